The summed E-state index contributed by atoms with van der Waals surface area (Å²) in [7, 11) is 0. The number of hydrogen-bond acceptors (Lipinski definition) is 2. The molecular weight excluding hydrogens is 188 g/mol. The van der Waals surface area contributed by atoms with Crippen LogP contribution in [0.1, 0.15) is 39.0 Å². The van der Waals surface area contributed by atoms with Crippen molar-refractivity contribution < 1.29 is 0 Å². The number of aliphatic imine (C=N–C) groups is 1. The van der Waals surface area contributed by atoms with Crippen molar-refractivity contribution in [2.75, 3.05) is 13.1 Å². The van der Waals surface area contributed by atoms with Crippen LogP contribution in [0.4, 0.5) is 0 Å². The molecule has 1 saturated heterocycles. The molecule has 0 aromatic carbocycles. The van der Waals surface area contributed by atoms with Crippen LogP contribution < -0.4 is 16.8 Å². The molecule has 2 rings (SSSR count). The molecule has 0 amide bonds. The summed E-state index contributed by atoms with van der Waals surface area (Å²) in [6.45, 7) is 4.21. The van der Waals surface area contributed by atoms with E-state index in [1.807, 2.05) is 0 Å². The second kappa shape index (κ2) is 3.67. The van der Waals surface area contributed by atoms with Crippen molar-refractivity contribution in [3.8, 4) is 0 Å². The summed E-state index contributed by atoms with van der Waals surface area (Å²) in [6.07, 6.45) is 6.51. The lowest BCUT2D eigenvalue weighted by Crippen LogP contribution is -2.67. The van der Waals surface area contributed by atoms with Crippen LogP contribution in [0.5, 0.6) is 0 Å². The first-order chi connectivity index (χ1) is 7.08. The zero-order valence-corrected chi connectivity index (χ0v) is 9.55. The van der Waals surface area contributed by atoms with Crippen molar-refractivity contribution in [1.82, 2.24) is 5.32 Å². The Morgan fingerprint density at radius 1 is 1.13 bits per heavy atom. The molecule has 5 N–H and O–H groups in total. The van der Waals surface area contributed by atoms with Crippen molar-refractivity contribution in [3.63, 3.8) is 0 Å². The first-order valence-corrected chi connectivity index (χ1v) is 5.90. The van der Waals surface area contributed by atoms with Crippen LogP contribution in [0.2, 0.25) is 0 Å². The summed E-state index contributed by atoms with van der Waals surface area (Å²) in [5.41, 5.74) is 11.4. The Hall–Kier alpha value is -0.770. The van der Waals surface area contributed by atoms with Crippen LogP contribution in [0.25, 0.3) is 0 Å². The van der Waals surface area contributed by atoms with Crippen LogP contribution >= 0.6 is 0 Å². The van der Waals surface area contributed by atoms with Crippen molar-refractivity contribution >= 4 is 5.96 Å². The second-order valence-corrected chi connectivity index (χ2v) is 5.29. The van der Waals surface area contributed by atoms with Gasteiger partial charge in [-0.3, -0.25) is 0 Å². The highest BCUT2D eigenvalue weighted by Crippen LogP contribution is 2.48. The first kappa shape index (κ1) is 10.7. The van der Waals surface area contributed by atoms with Crippen LogP contribution in [0.15, 0.2) is 4.99 Å². The van der Waals surface area contributed by atoms with E-state index in [1.54, 1.807) is 0 Å². The molecule has 86 valence electrons. The molecule has 4 nitrogen and oxygen atoms in total. The van der Waals surface area contributed by atoms with Gasteiger partial charge in [-0.1, -0.05) is 26.2 Å². The lowest BCUT2D eigenvalue weighted by Gasteiger charge is -2.54. The van der Waals surface area contributed by atoms with Gasteiger partial charge in [0, 0.05) is 13.1 Å². The summed E-state index contributed by atoms with van der Waals surface area (Å²) in [5, 5.41) is 3.31. The van der Waals surface area contributed by atoms with E-state index in [2.05, 4.69) is 17.2 Å². The number of nitrogens with one attached hydrogen (secondary N) is 1. The summed E-state index contributed by atoms with van der Waals surface area (Å²) >= 11 is 0. The average Bonchev–Trinajstić information content (AvgIpc) is 2.12. The van der Waals surface area contributed by atoms with Crippen molar-refractivity contribution in [2.24, 2.45) is 21.9 Å². The minimum Gasteiger partial charge on any atom is -0.370 e. The van der Waals surface area contributed by atoms with Crippen LogP contribution in [-0.2, 0) is 0 Å². The normalized spacial score (nSPS) is 27.8. The molecule has 15 heavy (non-hydrogen) atoms. The predicted molar refractivity (Wildman–Crippen MR) is 62.6 cm³/mol. The molecule has 2 fully saturated rings. The molecule has 1 heterocycles. The SMILES string of the molecule is CC1(C2(N=C(N)N)CNC2)CCCCC1. The van der Waals surface area contributed by atoms with Crippen LogP contribution in [0.3, 0.4) is 0 Å². The van der Waals surface area contributed by atoms with Gasteiger partial charge < -0.3 is 16.8 Å². The third-order valence-corrected chi connectivity index (χ3v) is 4.26. The molecule has 1 aliphatic carbocycles. The molecule has 0 bridgehead atoms. The monoisotopic (exact) mass is 210 g/mol. The minimum absolute atomic E-state index is 0.0216. The molecule has 0 aromatic rings. The predicted octanol–water partition coefficient (Wildman–Crippen LogP) is 0.572. The van der Waals surface area contributed by atoms with Gasteiger partial charge in [0.05, 0.1) is 5.54 Å². The number of nitrogens with two attached hydrogens (primary N) is 2. The maximum Gasteiger partial charge on any atom is 0.186 e. The highest BCUT2D eigenvalue weighted by molar-refractivity contribution is 5.76. The van der Waals surface area contributed by atoms with E-state index >= 15 is 0 Å². The zero-order chi connectivity index (χ0) is 10.9. The Morgan fingerprint density at radius 2 is 1.73 bits per heavy atom. The zero-order valence-electron chi connectivity index (χ0n) is 9.55. The fraction of sp³-hybridized carbons (Fsp3) is 0.909. The largest absolute Gasteiger partial charge is 0.370 e. The smallest absolute Gasteiger partial charge is 0.186 e. The number of rotatable bonds is 2. The fourth-order valence-corrected chi connectivity index (χ4v) is 3.05. The van der Waals surface area contributed by atoms with Crippen LogP contribution in [0, 0.1) is 5.41 Å². The lowest BCUT2D eigenvalue weighted by atomic mass is 9.60. The molecule has 0 unspecified atom stereocenters. The molecule has 1 saturated carbocycles. The molecule has 1 aliphatic heterocycles. The highest BCUT2D eigenvalue weighted by Gasteiger charge is 2.52. The number of hydrogen-bond donors (Lipinski definition) is 3. The quantitative estimate of drug-likeness (QED) is 0.461. The Kier molecular flexibility index (Phi) is 2.63. The van der Waals surface area contributed by atoms with Gasteiger partial charge in [-0.2, -0.15) is 0 Å². The molecule has 0 atom stereocenters. The average molecular weight is 210 g/mol. The Bertz CT molecular complexity index is 258. The fourth-order valence-electron chi connectivity index (χ4n) is 3.05. The van der Waals surface area contributed by atoms with Crippen molar-refractivity contribution in [3.05, 3.63) is 0 Å². The van der Waals surface area contributed by atoms with Gasteiger partial charge in [0.15, 0.2) is 5.96 Å². The highest BCUT2D eigenvalue weighted by atomic mass is 15.2. The summed E-state index contributed by atoms with van der Waals surface area (Å²) < 4.78 is 0. The topological polar surface area (TPSA) is 76.4 Å². The van der Waals surface area contributed by atoms with E-state index in [9.17, 15) is 0 Å². The Morgan fingerprint density at radius 3 is 2.13 bits per heavy atom. The van der Waals surface area contributed by atoms with Gasteiger partial charge in [-0.05, 0) is 18.3 Å². The van der Waals surface area contributed by atoms with Gasteiger partial charge in [0.25, 0.3) is 0 Å². The molecule has 0 radical (unpaired) electrons. The van der Waals surface area contributed by atoms with Gasteiger partial charge in [0.2, 0.25) is 0 Å². The van der Waals surface area contributed by atoms with Gasteiger partial charge in [-0.15, -0.1) is 0 Å². The summed E-state index contributed by atoms with van der Waals surface area (Å²) in [6, 6.07) is 0. The minimum atomic E-state index is -0.0216. The third-order valence-electron chi connectivity index (χ3n) is 4.26. The lowest BCUT2D eigenvalue weighted by molar-refractivity contribution is 0.0468. The van der Waals surface area contributed by atoms with E-state index in [0.717, 1.165) is 13.1 Å². The summed E-state index contributed by atoms with van der Waals surface area (Å²) in [4.78, 5) is 4.52. The first-order valence-electron chi connectivity index (χ1n) is 5.90. The van der Waals surface area contributed by atoms with Crippen molar-refractivity contribution in [1.29, 1.82) is 0 Å². The van der Waals surface area contributed by atoms with Gasteiger partial charge >= 0.3 is 0 Å². The van der Waals surface area contributed by atoms with E-state index in [4.69, 9.17) is 11.5 Å². The number of guanidine groups is 1. The molecule has 0 spiro atoms. The standard InChI is InChI=1S/C11H22N4/c1-10(5-3-2-4-6-10)11(7-14-8-11)15-9(12)13/h14H,2-8H2,1H3,(H4,12,13,15). The summed E-state index contributed by atoms with van der Waals surface area (Å²) in [5.74, 6) is 0.239. The Labute approximate surface area is 91.5 Å². The third kappa shape index (κ3) is 1.71. The molecule has 0 aromatic heterocycles. The van der Waals surface area contributed by atoms with Gasteiger partial charge in [0.1, 0.15) is 0 Å². The molecule has 2 aliphatic rings. The van der Waals surface area contributed by atoms with Gasteiger partial charge in [-0.25, -0.2) is 4.99 Å². The van der Waals surface area contributed by atoms with E-state index in [1.165, 1.54) is 32.1 Å². The van der Waals surface area contributed by atoms with E-state index in [-0.39, 0.29) is 11.5 Å². The van der Waals surface area contributed by atoms with E-state index < -0.39 is 0 Å². The number of nitrogens with zero attached hydrogens (tertiary/aromatic N) is 1. The van der Waals surface area contributed by atoms with Crippen LogP contribution in [-0.4, -0.2) is 24.6 Å². The maximum atomic E-state index is 5.55. The van der Waals surface area contributed by atoms with E-state index in [0.29, 0.717) is 5.41 Å². The molecular formula is C11H22N4. The second-order valence-electron chi connectivity index (χ2n) is 5.29. The maximum absolute atomic E-state index is 5.55. The Balaban J connectivity index is 2.20. The molecule has 4 heteroatoms. The van der Waals surface area contributed by atoms with Crippen molar-refractivity contribution in [2.45, 2.75) is 44.6 Å².